The van der Waals surface area contributed by atoms with Gasteiger partial charge >= 0.3 is 0 Å². The second-order valence-electron chi connectivity index (χ2n) is 4.58. The number of pyridine rings is 1. The van der Waals surface area contributed by atoms with E-state index in [0.29, 0.717) is 18.8 Å². The molecule has 0 unspecified atom stereocenters. The zero-order valence-corrected chi connectivity index (χ0v) is 11.2. The molecule has 1 fully saturated rings. The smallest absolute Gasteiger partial charge is 0.272 e. The van der Waals surface area contributed by atoms with Crippen molar-refractivity contribution in [2.24, 2.45) is 0 Å². The fourth-order valence-corrected chi connectivity index (χ4v) is 1.99. The number of likely N-dealkylation sites (N-methyl/N-ethyl adjacent to an activating group) is 1. The van der Waals surface area contributed by atoms with E-state index in [2.05, 4.69) is 10.3 Å². The zero-order valence-electron chi connectivity index (χ0n) is 11.2. The van der Waals surface area contributed by atoms with Gasteiger partial charge in [-0.2, -0.15) is 0 Å². The Labute approximate surface area is 112 Å². The van der Waals surface area contributed by atoms with Gasteiger partial charge in [-0.1, -0.05) is 0 Å². The topological polar surface area (TPSA) is 65.5 Å². The van der Waals surface area contributed by atoms with Crippen LogP contribution in [0.1, 0.15) is 16.9 Å². The number of rotatable bonds is 2. The van der Waals surface area contributed by atoms with Crippen LogP contribution in [0.3, 0.4) is 0 Å². The van der Waals surface area contributed by atoms with Crippen molar-refractivity contribution in [1.29, 1.82) is 0 Å². The first-order valence-corrected chi connectivity index (χ1v) is 6.29. The zero-order chi connectivity index (χ0) is 13.8. The van der Waals surface area contributed by atoms with E-state index in [-0.39, 0.29) is 18.4 Å². The third kappa shape index (κ3) is 3.01. The van der Waals surface area contributed by atoms with Gasteiger partial charge in [0, 0.05) is 27.2 Å². The van der Waals surface area contributed by atoms with Crippen LogP contribution in [0.25, 0.3) is 0 Å². The van der Waals surface area contributed by atoms with Crippen molar-refractivity contribution in [3.8, 4) is 0 Å². The van der Waals surface area contributed by atoms with Crippen LogP contribution in [0.5, 0.6) is 0 Å². The van der Waals surface area contributed by atoms with E-state index in [9.17, 15) is 9.59 Å². The standard InChI is InChI=1S/C13H18N4O2/c1-14-10-4-5-11(15-8-10)13(19)17-7-3-6-16(2)12(18)9-17/h4-5,8,14H,3,6-7,9H2,1-2H3. The fourth-order valence-electron chi connectivity index (χ4n) is 1.99. The molecule has 6 heteroatoms. The number of nitrogens with zero attached hydrogens (tertiary/aromatic N) is 3. The lowest BCUT2D eigenvalue weighted by Gasteiger charge is -2.19. The van der Waals surface area contributed by atoms with E-state index in [1.807, 2.05) is 0 Å². The normalized spacial score (nSPS) is 16.2. The quantitative estimate of drug-likeness (QED) is 0.839. The number of amides is 2. The fraction of sp³-hybridized carbons (Fsp3) is 0.462. The first-order valence-electron chi connectivity index (χ1n) is 6.29. The average Bonchev–Trinajstić information content (AvgIpc) is 2.60. The number of hydrogen-bond donors (Lipinski definition) is 1. The highest BCUT2D eigenvalue weighted by atomic mass is 16.2. The molecule has 2 heterocycles. The summed E-state index contributed by atoms with van der Waals surface area (Å²) < 4.78 is 0. The highest BCUT2D eigenvalue weighted by molar-refractivity contribution is 5.95. The number of carbonyl (C=O) groups is 2. The van der Waals surface area contributed by atoms with Crippen LogP contribution < -0.4 is 5.32 Å². The molecular formula is C13H18N4O2. The van der Waals surface area contributed by atoms with Crippen molar-refractivity contribution in [2.75, 3.05) is 39.0 Å². The molecule has 1 aliphatic heterocycles. The van der Waals surface area contributed by atoms with Gasteiger partial charge in [-0.05, 0) is 18.6 Å². The maximum atomic E-state index is 12.3. The van der Waals surface area contributed by atoms with Crippen LogP contribution in [-0.4, -0.2) is 60.3 Å². The molecule has 6 nitrogen and oxygen atoms in total. The summed E-state index contributed by atoms with van der Waals surface area (Å²) in [5, 5.41) is 2.95. The van der Waals surface area contributed by atoms with Gasteiger partial charge in [0.1, 0.15) is 12.2 Å². The molecule has 2 rings (SSSR count). The Morgan fingerprint density at radius 3 is 2.79 bits per heavy atom. The van der Waals surface area contributed by atoms with Gasteiger partial charge in [-0.25, -0.2) is 4.98 Å². The van der Waals surface area contributed by atoms with Crippen molar-refractivity contribution < 1.29 is 9.59 Å². The molecule has 0 aliphatic carbocycles. The molecule has 1 aromatic rings. The van der Waals surface area contributed by atoms with Crippen molar-refractivity contribution in [1.82, 2.24) is 14.8 Å². The van der Waals surface area contributed by atoms with Crippen LogP contribution in [-0.2, 0) is 4.79 Å². The number of aromatic nitrogens is 1. The molecule has 0 aromatic carbocycles. The highest BCUT2D eigenvalue weighted by Crippen LogP contribution is 2.10. The average molecular weight is 262 g/mol. The Bertz CT molecular complexity index is 472. The number of carbonyl (C=O) groups excluding carboxylic acids is 2. The van der Waals surface area contributed by atoms with Crippen LogP contribution in [0.4, 0.5) is 5.69 Å². The lowest BCUT2D eigenvalue weighted by atomic mass is 10.3. The predicted molar refractivity (Wildman–Crippen MR) is 71.9 cm³/mol. The Hall–Kier alpha value is -2.11. The van der Waals surface area contributed by atoms with E-state index in [0.717, 1.165) is 12.1 Å². The molecule has 1 aliphatic rings. The molecule has 1 aromatic heterocycles. The molecule has 0 bridgehead atoms. The van der Waals surface area contributed by atoms with Crippen LogP contribution >= 0.6 is 0 Å². The van der Waals surface area contributed by atoms with Gasteiger partial charge in [0.2, 0.25) is 5.91 Å². The monoisotopic (exact) mass is 262 g/mol. The lowest BCUT2D eigenvalue weighted by Crippen LogP contribution is -2.38. The third-order valence-corrected chi connectivity index (χ3v) is 3.23. The van der Waals surface area contributed by atoms with Gasteiger partial charge in [-0.3, -0.25) is 9.59 Å². The van der Waals surface area contributed by atoms with Gasteiger partial charge in [0.15, 0.2) is 0 Å². The summed E-state index contributed by atoms with van der Waals surface area (Å²) in [6.07, 6.45) is 2.40. The highest BCUT2D eigenvalue weighted by Gasteiger charge is 2.24. The largest absolute Gasteiger partial charge is 0.387 e. The molecule has 0 atom stereocenters. The lowest BCUT2D eigenvalue weighted by molar-refractivity contribution is -0.129. The third-order valence-electron chi connectivity index (χ3n) is 3.23. The Morgan fingerprint density at radius 1 is 1.37 bits per heavy atom. The molecule has 2 amide bonds. The molecule has 0 saturated carbocycles. The minimum atomic E-state index is -0.189. The maximum Gasteiger partial charge on any atom is 0.272 e. The van der Waals surface area contributed by atoms with E-state index in [1.54, 1.807) is 42.2 Å². The van der Waals surface area contributed by atoms with Gasteiger partial charge < -0.3 is 15.1 Å². The van der Waals surface area contributed by atoms with Crippen molar-refractivity contribution in [3.05, 3.63) is 24.0 Å². The van der Waals surface area contributed by atoms with Crippen LogP contribution in [0.15, 0.2) is 18.3 Å². The summed E-state index contributed by atoms with van der Waals surface area (Å²) in [7, 11) is 3.55. The SMILES string of the molecule is CNc1ccc(C(=O)N2CCCN(C)C(=O)C2)nc1. The van der Waals surface area contributed by atoms with Crippen LogP contribution in [0, 0.1) is 0 Å². The van der Waals surface area contributed by atoms with Gasteiger partial charge in [0.05, 0.1) is 11.9 Å². The summed E-state index contributed by atoms with van der Waals surface area (Å²) in [6.45, 7) is 1.41. The molecule has 0 spiro atoms. The number of anilines is 1. The predicted octanol–water partition coefficient (Wildman–Crippen LogP) is 0.428. The Morgan fingerprint density at radius 2 is 2.16 bits per heavy atom. The van der Waals surface area contributed by atoms with E-state index in [1.165, 1.54) is 0 Å². The van der Waals surface area contributed by atoms with Crippen molar-refractivity contribution >= 4 is 17.5 Å². The molecule has 1 N–H and O–H groups in total. The maximum absolute atomic E-state index is 12.3. The molecule has 1 saturated heterocycles. The summed E-state index contributed by atoms with van der Waals surface area (Å²) in [6, 6.07) is 3.47. The van der Waals surface area contributed by atoms with Crippen LogP contribution in [0.2, 0.25) is 0 Å². The molecular weight excluding hydrogens is 244 g/mol. The summed E-state index contributed by atoms with van der Waals surface area (Å²) in [5.41, 5.74) is 1.22. The summed E-state index contributed by atoms with van der Waals surface area (Å²) in [4.78, 5) is 31.4. The van der Waals surface area contributed by atoms with Crippen molar-refractivity contribution in [2.45, 2.75) is 6.42 Å². The Balaban J connectivity index is 2.11. The second-order valence-corrected chi connectivity index (χ2v) is 4.58. The van der Waals surface area contributed by atoms with Crippen molar-refractivity contribution in [3.63, 3.8) is 0 Å². The van der Waals surface area contributed by atoms with Gasteiger partial charge in [0.25, 0.3) is 5.91 Å². The first-order chi connectivity index (χ1) is 9.11. The van der Waals surface area contributed by atoms with E-state index < -0.39 is 0 Å². The molecule has 102 valence electrons. The second kappa shape index (κ2) is 5.69. The number of nitrogens with one attached hydrogen (secondary N) is 1. The van der Waals surface area contributed by atoms with E-state index in [4.69, 9.17) is 0 Å². The Kier molecular flexibility index (Phi) is 3.99. The number of hydrogen-bond acceptors (Lipinski definition) is 4. The first kappa shape index (κ1) is 13.3. The van der Waals surface area contributed by atoms with E-state index >= 15 is 0 Å². The summed E-state index contributed by atoms with van der Waals surface area (Å²) in [5.74, 6) is -0.219. The summed E-state index contributed by atoms with van der Waals surface area (Å²) >= 11 is 0. The molecule has 19 heavy (non-hydrogen) atoms. The molecule has 0 radical (unpaired) electrons. The minimum Gasteiger partial charge on any atom is -0.387 e. The van der Waals surface area contributed by atoms with Gasteiger partial charge in [-0.15, -0.1) is 0 Å². The minimum absolute atomic E-state index is 0.0299.